The van der Waals surface area contributed by atoms with Crippen LogP contribution >= 0.6 is 0 Å². The molecule has 0 heterocycles. The minimum absolute atomic E-state index is 0.198. The van der Waals surface area contributed by atoms with Crippen LogP contribution < -0.4 is 10.6 Å². The monoisotopic (exact) mass is 273 g/mol. The molecule has 0 rings (SSSR count). The highest BCUT2D eigenvalue weighted by Gasteiger charge is 2.35. The van der Waals surface area contributed by atoms with Crippen molar-refractivity contribution < 1.29 is 19.5 Å². The van der Waals surface area contributed by atoms with Gasteiger partial charge in [0.1, 0.15) is 5.54 Å². The van der Waals surface area contributed by atoms with Crippen molar-refractivity contribution in [2.75, 3.05) is 13.6 Å². The first-order valence-electron chi connectivity index (χ1n) is 5.94. The first-order valence-corrected chi connectivity index (χ1v) is 5.94. The summed E-state index contributed by atoms with van der Waals surface area (Å²) in [6.07, 6.45) is 0. The minimum Gasteiger partial charge on any atom is -0.480 e. The molecule has 0 bridgehead atoms. The molecular weight excluding hydrogens is 250 g/mol. The Morgan fingerprint density at radius 2 is 1.58 bits per heavy atom. The summed E-state index contributed by atoms with van der Waals surface area (Å²) < 4.78 is 0. The molecule has 0 atom stereocenters. The average molecular weight is 273 g/mol. The van der Waals surface area contributed by atoms with Crippen molar-refractivity contribution in [3.8, 4) is 0 Å². The van der Waals surface area contributed by atoms with E-state index in [2.05, 4.69) is 10.6 Å². The number of aliphatic carboxylic acids is 1. The minimum atomic E-state index is -1.34. The highest BCUT2D eigenvalue weighted by atomic mass is 16.4. The number of carbonyl (C=O) groups excluding carboxylic acids is 2. The van der Waals surface area contributed by atoms with Gasteiger partial charge in [-0.3, -0.25) is 4.79 Å². The zero-order valence-electron chi connectivity index (χ0n) is 12.3. The summed E-state index contributed by atoms with van der Waals surface area (Å²) in [4.78, 5) is 35.3. The Morgan fingerprint density at radius 3 is 1.95 bits per heavy atom. The van der Waals surface area contributed by atoms with Gasteiger partial charge in [-0.1, -0.05) is 0 Å². The standard InChI is InChI=1S/C12H23N3O4/c1-11(2,3)14-8(16)7-13-10(19)15(6)12(4,5)9(17)18/h7H2,1-6H3,(H,13,19)(H,14,16)(H,17,18). The smallest absolute Gasteiger partial charge is 0.329 e. The molecular formula is C12H23N3O4. The van der Waals surface area contributed by atoms with Gasteiger partial charge in [-0.25, -0.2) is 9.59 Å². The Labute approximate surface area is 113 Å². The predicted molar refractivity (Wildman–Crippen MR) is 70.8 cm³/mol. The molecule has 0 aliphatic carbocycles. The molecule has 0 aromatic rings. The van der Waals surface area contributed by atoms with Crippen LogP contribution in [-0.2, 0) is 9.59 Å². The van der Waals surface area contributed by atoms with Gasteiger partial charge in [-0.2, -0.15) is 0 Å². The van der Waals surface area contributed by atoms with Gasteiger partial charge in [0.05, 0.1) is 6.54 Å². The number of carbonyl (C=O) groups is 3. The van der Waals surface area contributed by atoms with E-state index < -0.39 is 17.5 Å². The fourth-order valence-corrected chi connectivity index (χ4v) is 1.13. The van der Waals surface area contributed by atoms with Gasteiger partial charge in [0.15, 0.2) is 0 Å². The molecule has 7 nitrogen and oxygen atoms in total. The van der Waals surface area contributed by atoms with E-state index in [0.29, 0.717) is 0 Å². The number of nitrogens with one attached hydrogen (secondary N) is 2. The first kappa shape index (κ1) is 17.2. The quantitative estimate of drug-likeness (QED) is 0.690. The number of urea groups is 1. The molecule has 19 heavy (non-hydrogen) atoms. The maximum atomic E-state index is 11.7. The van der Waals surface area contributed by atoms with Crippen LogP contribution in [0.4, 0.5) is 4.79 Å². The summed E-state index contributed by atoms with van der Waals surface area (Å²) in [7, 11) is 1.37. The number of carboxylic acid groups (broad SMARTS) is 1. The lowest BCUT2D eigenvalue weighted by atomic mass is 10.1. The molecule has 0 saturated heterocycles. The largest absolute Gasteiger partial charge is 0.480 e. The number of nitrogens with zero attached hydrogens (tertiary/aromatic N) is 1. The number of likely N-dealkylation sites (N-methyl/N-ethyl adjacent to an activating group) is 1. The Bertz CT molecular complexity index is 372. The molecule has 0 aromatic heterocycles. The molecule has 0 unspecified atom stereocenters. The molecule has 3 amide bonds. The molecule has 110 valence electrons. The van der Waals surface area contributed by atoms with E-state index >= 15 is 0 Å². The van der Waals surface area contributed by atoms with Crippen molar-refractivity contribution in [3.63, 3.8) is 0 Å². The van der Waals surface area contributed by atoms with Crippen molar-refractivity contribution in [1.29, 1.82) is 0 Å². The molecule has 0 radical (unpaired) electrons. The van der Waals surface area contributed by atoms with Gasteiger partial charge >= 0.3 is 12.0 Å². The van der Waals surface area contributed by atoms with Gasteiger partial charge in [0, 0.05) is 12.6 Å². The van der Waals surface area contributed by atoms with Crippen LogP contribution in [0, 0.1) is 0 Å². The number of rotatable bonds is 4. The predicted octanol–water partition coefficient (Wildman–Crippen LogP) is 0.406. The molecule has 0 aliphatic rings. The second-order valence-electron chi connectivity index (χ2n) is 5.88. The van der Waals surface area contributed by atoms with Crippen molar-refractivity contribution in [1.82, 2.24) is 15.5 Å². The molecule has 0 aromatic carbocycles. The van der Waals surface area contributed by atoms with Gasteiger partial charge in [0.2, 0.25) is 5.91 Å². The summed E-state index contributed by atoms with van der Waals surface area (Å²) >= 11 is 0. The Hall–Kier alpha value is -1.79. The number of carboxylic acids is 1. The molecule has 7 heteroatoms. The van der Waals surface area contributed by atoms with Gasteiger partial charge in [-0.05, 0) is 34.6 Å². The summed E-state index contributed by atoms with van der Waals surface area (Å²) in [5, 5.41) is 14.1. The summed E-state index contributed by atoms with van der Waals surface area (Å²) in [5.74, 6) is -1.45. The molecule has 0 fully saturated rings. The second-order valence-corrected chi connectivity index (χ2v) is 5.88. The average Bonchev–Trinajstić information content (AvgIpc) is 2.22. The van der Waals surface area contributed by atoms with E-state index in [1.807, 2.05) is 20.8 Å². The van der Waals surface area contributed by atoms with E-state index in [4.69, 9.17) is 5.11 Å². The molecule has 0 aliphatic heterocycles. The van der Waals surface area contributed by atoms with Crippen LogP contribution in [0.1, 0.15) is 34.6 Å². The van der Waals surface area contributed by atoms with E-state index in [0.717, 1.165) is 4.90 Å². The third kappa shape index (κ3) is 5.58. The lowest BCUT2D eigenvalue weighted by Crippen LogP contribution is -2.55. The van der Waals surface area contributed by atoms with Gasteiger partial charge < -0.3 is 20.6 Å². The number of amides is 3. The van der Waals surface area contributed by atoms with E-state index in [-0.39, 0.29) is 18.0 Å². The lowest BCUT2D eigenvalue weighted by molar-refractivity contribution is -0.146. The van der Waals surface area contributed by atoms with E-state index in [1.165, 1.54) is 20.9 Å². The van der Waals surface area contributed by atoms with E-state index in [1.54, 1.807) is 0 Å². The van der Waals surface area contributed by atoms with Crippen LogP contribution in [0.2, 0.25) is 0 Å². The van der Waals surface area contributed by atoms with Crippen LogP contribution in [0.25, 0.3) is 0 Å². The first-order chi connectivity index (χ1) is 8.38. The normalized spacial score (nSPS) is 11.7. The van der Waals surface area contributed by atoms with Crippen molar-refractivity contribution >= 4 is 17.9 Å². The highest BCUT2D eigenvalue weighted by Crippen LogP contribution is 2.12. The fourth-order valence-electron chi connectivity index (χ4n) is 1.13. The summed E-state index contributed by atoms with van der Waals surface area (Å²) in [6.45, 7) is 8.09. The maximum absolute atomic E-state index is 11.7. The molecule has 0 spiro atoms. The second kappa shape index (κ2) is 5.90. The van der Waals surface area contributed by atoms with Crippen LogP contribution in [0.5, 0.6) is 0 Å². The van der Waals surface area contributed by atoms with Gasteiger partial charge in [0.25, 0.3) is 0 Å². The van der Waals surface area contributed by atoms with E-state index in [9.17, 15) is 14.4 Å². The third-order valence-corrected chi connectivity index (χ3v) is 2.58. The third-order valence-electron chi connectivity index (χ3n) is 2.58. The van der Waals surface area contributed by atoms with Crippen LogP contribution in [-0.4, -0.2) is 52.6 Å². The summed E-state index contributed by atoms with van der Waals surface area (Å²) in [6, 6.07) is -0.614. The molecule has 0 saturated carbocycles. The zero-order chi connectivity index (χ0) is 15.4. The zero-order valence-corrected chi connectivity index (χ0v) is 12.3. The Balaban J connectivity index is 4.41. The number of hydrogen-bond acceptors (Lipinski definition) is 3. The maximum Gasteiger partial charge on any atom is 0.329 e. The fraction of sp³-hybridized carbons (Fsp3) is 0.750. The number of hydrogen-bond donors (Lipinski definition) is 3. The van der Waals surface area contributed by atoms with Crippen LogP contribution in [0.15, 0.2) is 0 Å². The topological polar surface area (TPSA) is 98.7 Å². The SMILES string of the molecule is CN(C(=O)NCC(=O)NC(C)(C)C)C(C)(C)C(=O)O. The van der Waals surface area contributed by atoms with Gasteiger partial charge in [-0.15, -0.1) is 0 Å². The van der Waals surface area contributed by atoms with Crippen molar-refractivity contribution in [3.05, 3.63) is 0 Å². The Kier molecular flexibility index (Phi) is 5.34. The van der Waals surface area contributed by atoms with Crippen LogP contribution in [0.3, 0.4) is 0 Å². The Morgan fingerprint density at radius 1 is 1.11 bits per heavy atom. The summed E-state index contributed by atoms with van der Waals surface area (Å²) in [5.41, 5.74) is -1.72. The lowest BCUT2D eigenvalue weighted by Gasteiger charge is -2.31. The van der Waals surface area contributed by atoms with Crippen molar-refractivity contribution in [2.45, 2.75) is 45.7 Å². The highest BCUT2D eigenvalue weighted by molar-refractivity contribution is 5.88. The molecule has 3 N–H and O–H groups in total. The van der Waals surface area contributed by atoms with Crippen molar-refractivity contribution in [2.24, 2.45) is 0 Å².